The van der Waals surface area contributed by atoms with Crippen LogP contribution >= 0.6 is 0 Å². The second-order valence-corrected chi connectivity index (χ2v) is 6.65. The molecule has 0 aromatic heterocycles. The van der Waals surface area contributed by atoms with Gasteiger partial charge in [0.25, 0.3) is 11.8 Å². The van der Waals surface area contributed by atoms with Gasteiger partial charge in [-0.25, -0.2) is 9.59 Å². The van der Waals surface area contributed by atoms with Gasteiger partial charge in [-0.15, -0.1) is 0 Å². The zero-order valence-electron chi connectivity index (χ0n) is 14.4. The number of amides is 4. The van der Waals surface area contributed by atoms with Crippen LogP contribution in [0.15, 0.2) is 12.0 Å². The molecular weight excluding hydrogens is 346 g/mol. The fourth-order valence-electron chi connectivity index (χ4n) is 3.15. The number of ether oxygens (including phenoxy) is 3. The summed E-state index contributed by atoms with van der Waals surface area (Å²) < 4.78 is 14.7. The van der Waals surface area contributed by atoms with E-state index in [4.69, 9.17) is 14.2 Å². The Morgan fingerprint density at radius 2 is 2.08 bits per heavy atom. The van der Waals surface area contributed by atoms with Crippen LogP contribution in [0.4, 0.5) is 4.79 Å². The second kappa shape index (κ2) is 7.22. The van der Waals surface area contributed by atoms with Gasteiger partial charge in [0.15, 0.2) is 6.61 Å². The first kappa shape index (κ1) is 18.0. The maximum atomic E-state index is 12.6. The van der Waals surface area contributed by atoms with Crippen molar-refractivity contribution in [1.29, 1.82) is 0 Å². The normalized spacial score (nSPS) is 28.0. The number of esters is 1. The number of nitrogens with one attached hydrogen (secondary N) is 2. The fourth-order valence-corrected chi connectivity index (χ4v) is 3.15. The Labute approximate surface area is 149 Å². The van der Waals surface area contributed by atoms with Gasteiger partial charge in [-0.2, -0.15) is 5.01 Å². The van der Waals surface area contributed by atoms with Crippen molar-refractivity contribution < 1.29 is 33.4 Å². The molecule has 2 N–H and O–H groups in total. The number of urea groups is 1. The summed E-state index contributed by atoms with van der Waals surface area (Å²) in [5.41, 5.74) is 1.23. The quantitative estimate of drug-likeness (QED) is 0.527. The Morgan fingerprint density at radius 1 is 1.35 bits per heavy atom. The summed E-state index contributed by atoms with van der Waals surface area (Å²) >= 11 is 0. The van der Waals surface area contributed by atoms with E-state index in [1.165, 1.54) is 0 Å². The summed E-state index contributed by atoms with van der Waals surface area (Å²) in [6.07, 6.45) is 3.82. The van der Waals surface area contributed by atoms with Gasteiger partial charge in [-0.3, -0.25) is 15.0 Å². The molecule has 0 aromatic carbocycles. The Morgan fingerprint density at radius 3 is 2.73 bits per heavy atom. The molecule has 3 rings (SSSR count). The van der Waals surface area contributed by atoms with Crippen molar-refractivity contribution in [2.24, 2.45) is 5.92 Å². The first-order chi connectivity index (χ1) is 12.4. The molecule has 1 aliphatic carbocycles. The van der Waals surface area contributed by atoms with E-state index in [1.807, 2.05) is 0 Å². The second-order valence-electron chi connectivity index (χ2n) is 6.65. The van der Waals surface area contributed by atoms with Crippen molar-refractivity contribution in [3.8, 4) is 0 Å². The number of carbonyl (C=O) groups is 4. The molecule has 2 aliphatic heterocycles. The summed E-state index contributed by atoms with van der Waals surface area (Å²) in [5, 5.41) is 3.34. The van der Waals surface area contributed by atoms with Gasteiger partial charge < -0.3 is 19.5 Å². The van der Waals surface area contributed by atoms with Crippen LogP contribution in [-0.4, -0.2) is 54.2 Å². The smallest absolute Gasteiger partial charge is 0.377 e. The van der Waals surface area contributed by atoms with Gasteiger partial charge in [-0.1, -0.05) is 6.92 Å². The molecule has 0 radical (unpaired) electrons. The fraction of sp³-hybridized carbons (Fsp3) is 0.625. The molecule has 10 nitrogen and oxygen atoms in total. The van der Waals surface area contributed by atoms with E-state index in [9.17, 15) is 19.2 Å². The van der Waals surface area contributed by atoms with Gasteiger partial charge >= 0.3 is 12.0 Å². The first-order valence-corrected chi connectivity index (χ1v) is 8.49. The standard InChI is InChI=1S/C16H21N3O7/c1-10-2-4-16(5-3-10)14(22)19(15(23)17-16)18-12(20)9-26-13(21)11-8-24-6-7-25-11/h8,10H,2-7,9H2,1H3,(H,17,23)(H,18,20). The van der Waals surface area contributed by atoms with Crippen molar-refractivity contribution >= 4 is 23.8 Å². The maximum absolute atomic E-state index is 12.6. The van der Waals surface area contributed by atoms with Crippen molar-refractivity contribution in [2.45, 2.75) is 38.1 Å². The molecule has 1 spiro atoms. The SMILES string of the molecule is CC1CCC2(CC1)NC(=O)N(NC(=O)COC(=O)C1=COCCO1)C2=O. The van der Waals surface area contributed by atoms with Gasteiger partial charge in [-0.05, 0) is 31.6 Å². The van der Waals surface area contributed by atoms with E-state index in [2.05, 4.69) is 17.7 Å². The molecule has 26 heavy (non-hydrogen) atoms. The van der Waals surface area contributed by atoms with Gasteiger partial charge in [0.1, 0.15) is 25.0 Å². The van der Waals surface area contributed by atoms with Gasteiger partial charge in [0.2, 0.25) is 5.76 Å². The molecule has 2 heterocycles. The maximum Gasteiger partial charge on any atom is 0.377 e. The van der Waals surface area contributed by atoms with E-state index < -0.39 is 36.0 Å². The number of hydrogen-bond donors (Lipinski definition) is 2. The van der Waals surface area contributed by atoms with Crippen molar-refractivity contribution in [2.75, 3.05) is 19.8 Å². The van der Waals surface area contributed by atoms with Crippen molar-refractivity contribution in [1.82, 2.24) is 15.8 Å². The highest BCUT2D eigenvalue weighted by molar-refractivity contribution is 6.08. The summed E-state index contributed by atoms with van der Waals surface area (Å²) in [7, 11) is 0. The highest BCUT2D eigenvalue weighted by Crippen LogP contribution is 2.35. The minimum absolute atomic E-state index is 0.144. The lowest BCUT2D eigenvalue weighted by Crippen LogP contribution is -2.52. The molecule has 4 amide bonds. The lowest BCUT2D eigenvalue weighted by Gasteiger charge is -2.33. The average Bonchev–Trinajstić information content (AvgIpc) is 2.87. The van der Waals surface area contributed by atoms with Crippen LogP contribution in [-0.2, 0) is 28.6 Å². The lowest BCUT2D eigenvalue weighted by atomic mass is 9.77. The number of imide groups is 1. The van der Waals surface area contributed by atoms with Crippen LogP contribution in [0.1, 0.15) is 32.6 Å². The Hall–Kier alpha value is -2.78. The Bertz CT molecular complexity index is 652. The number of rotatable bonds is 4. The average molecular weight is 367 g/mol. The first-order valence-electron chi connectivity index (χ1n) is 8.49. The summed E-state index contributed by atoms with van der Waals surface area (Å²) in [6, 6.07) is -0.684. The molecular formula is C16H21N3O7. The molecule has 3 aliphatic rings. The molecule has 1 saturated heterocycles. The zero-order chi connectivity index (χ0) is 18.7. The minimum atomic E-state index is -0.953. The van der Waals surface area contributed by atoms with E-state index in [1.54, 1.807) is 0 Å². The number of carbonyl (C=O) groups excluding carboxylic acids is 4. The predicted octanol–water partition coefficient (Wildman–Crippen LogP) is -0.0503. The van der Waals surface area contributed by atoms with Crippen LogP contribution in [0.3, 0.4) is 0 Å². The molecule has 0 atom stereocenters. The molecule has 1 saturated carbocycles. The van der Waals surface area contributed by atoms with Crippen LogP contribution in [0.25, 0.3) is 0 Å². The summed E-state index contributed by atoms with van der Waals surface area (Å²) in [6.45, 7) is 1.96. The lowest BCUT2D eigenvalue weighted by molar-refractivity contribution is -0.151. The van der Waals surface area contributed by atoms with E-state index >= 15 is 0 Å². The zero-order valence-corrected chi connectivity index (χ0v) is 14.4. The third-order valence-corrected chi connectivity index (χ3v) is 4.71. The highest BCUT2D eigenvalue weighted by Gasteiger charge is 2.52. The summed E-state index contributed by atoms with van der Waals surface area (Å²) in [4.78, 5) is 48.3. The molecule has 10 heteroatoms. The molecule has 142 valence electrons. The summed E-state index contributed by atoms with van der Waals surface area (Å²) in [5.74, 6) is -1.81. The number of hydrogen-bond acceptors (Lipinski definition) is 7. The number of nitrogens with zero attached hydrogens (tertiary/aromatic N) is 1. The van der Waals surface area contributed by atoms with Crippen LogP contribution in [0, 0.1) is 5.92 Å². The van der Waals surface area contributed by atoms with Crippen LogP contribution in [0.5, 0.6) is 0 Å². The van der Waals surface area contributed by atoms with Crippen LogP contribution in [0.2, 0.25) is 0 Å². The highest BCUT2D eigenvalue weighted by atomic mass is 16.6. The number of hydrazine groups is 1. The Kier molecular flexibility index (Phi) is 5.01. The molecule has 0 unspecified atom stereocenters. The molecule has 0 bridgehead atoms. The molecule has 2 fully saturated rings. The van der Waals surface area contributed by atoms with Crippen molar-refractivity contribution in [3.05, 3.63) is 12.0 Å². The van der Waals surface area contributed by atoms with Gasteiger partial charge in [0, 0.05) is 0 Å². The Balaban J connectivity index is 1.52. The monoisotopic (exact) mass is 367 g/mol. The third-order valence-electron chi connectivity index (χ3n) is 4.71. The predicted molar refractivity (Wildman–Crippen MR) is 84.8 cm³/mol. The van der Waals surface area contributed by atoms with E-state index in [0.29, 0.717) is 30.4 Å². The largest absolute Gasteiger partial charge is 0.493 e. The van der Waals surface area contributed by atoms with Crippen LogP contribution < -0.4 is 10.7 Å². The van der Waals surface area contributed by atoms with E-state index in [-0.39, 0.29) is 12.4 Å². The topological polar surface area (TPSA) is 123 Å². The van der Waals surface area contributed by atoms with Gasteiger partial charge in [0.05, 0.1) is 0 Å². The van der Waals surface area contributed by atoms with Crippen molar-refractivity contribution in [3.63, 3.8) is 0 Å². The minimum Gasteiger partial charge on any atom is -0.493 e. The molecule has 0 aromatic rings. The van der Waals surface area contributed by atoms with E-state index in [0.717, 1.165) is 19.1 Å². The third kappa shape index (κ3) is 3.58.